The van der Waals surface area contributed by atoms with E-state index in [-0.39, 0.29) is 28.3 Å². The Balaban J connectivity index is 2.06. The van der Waals surface area contributed by atoms with Crippen LogP contribution in [0.2, 0.25) is 0 Å². The van der Waals surface area contributed by atoms with Gasteiger partial charge in [-0.05, 0) is 35.9 Å². The van der Waals surface area contributed by atoms with Gasteiger partial charge in [0.15, 0.2) is 0 Å². The molecule has 1 aliphatic rings. The first kappa shape index (κ1) is 19.8. The van der Waals surface area contributed by atoms with Crippen LogP contribution in [-0.2, 0) is 20.9 Å². The summed E-state index contributed by atoms with van der Waals surface area (Å²) >= 11 is 0.912. The van der Waals surface area contributed by atoms with Crippen molar-refractivity contribution in [2.24, 2.45) is 0 Å². The van der Waals surface area contributed by atoms with Crippen molar-refractivity contribution in [3.05, 3.63) is 51.7 Å². The molecule has 0 N–H and O–H groups in total. The number of ether oxygens (including phenoxy) is 1. The molecule has 0 bridgehead atoms. The van der Waals surface area contributed by atoms with Gasteiger partial charge in [-0.2, -0.15) is 17.5 Å². The molecular weight excluding hydrogens is 403 g/mol. The van der Waals surface area contributed by atoms with Gasteiger partial charge in [-0.3, -0.25) is 0 Å². The number of thiophene rings is 1. The number of benzene rings is 1. The second-order valence-electron chi connectivity index (χ2n) is 5.96. The molecule has 5 nitrogen and oxygen atoms in total. The molecule has 0 radical (unpaired) electrons. The van der Waals surface area contributed by atoms with Gasteiger partial charge in [0.1, 0.15) is 9.77 Å². The van der Waals surface area contributed by atoms with Gasteiger partial charge < -0.3 is 4.74 Å². The summed E-state index contributed by atoms with van der Waals surface area (Å²) in [5, 5.41) is 1.44. The summed E-state index contributed by atoms with van der Waals surface area (Å²) in [7, 11) is -3.03. The number of rotatable bonds is 4. The van der Waals surface area contributed by atoms with Crippen LogP contribution in [0.15, 0.2) is 40.6 Å². The third-order valence-corrected chi connectivity index (χ3v) is 7.39. The summed E-state index contributed by atoms with van der Waals surface area (Å²) in [5.41, 5.74) is -0.934. The molecule has 1 aromatic heterocycles. The van der Waals surface area contributed by atoms with E-state index in [2.05, 4.69) is 4.74 Å². The average molecular weight is 419 g/mol. The number of esters is 1. The van der Waals surface area contributed by atoms with E-state index in [1.54, 1.807) is 0 Å². The Bertz CT molecular complexity index is 953. The molecule has 27 heavy (non-hydrogen) atoms. The van der Waals surface area contributed by atoms with E-state index in [0.717, 1.165) is 28.8 Å². The molecule has 0 spiro atoms. The van der Waals surface area contributed by atoms with Crippen molar-refractivity contribution in [3.63, 3.8) is 0 Å². The normalized spacial score (nSPS) is 18.6. The van der Waals surface area contributed by atoms with Crippen molar-refractivity contribution in [3.8, 4) is 0 Å². The van der Waals surface area contributed by atoms with Crippen molar-refractivity contribution >= 4 is 27.3 Å². The Kier molecular flexibility index (Phi) is 5.33. The van der Waals surface area contributed by atoms with E-state index in [0.29, 0.717) is 6.42 Å². The van der Waals surface area contributed by atoms with Crippen molar-refractivity contribution in [2.45, 2.75) is 30.0 Å². The molecule has 3 rings (SSSR count). The van der Waals surface area contributed by atoms with Gasteiger partial charge in [0.2, 0.25) is 10.0 Å². The van der Waals surface area contributed by atoms with E-state index in [1.165, 1.54) is 29.6 Å². The van der Waals surface area contributed by atoms with Crippen LogP contribution >= 0.6 is 11.3 Å². The Morgan fingerprint density at radius 1 is 1.26 bits per heavy atom. The molecule has 2 heterocycles. The quantitative estimate of drug-likeness (QED) is 0.701. The minimum Gasteiger partial charge on any atom is -0.465 e. The van der Waals surface area contributed by atoms with Crippen LogP contribution in [0.4, 0.5) is 13.2 Å². The third-order valence-electron chi connectivity index (χ3n) is 4.42. The SMILES string of the molecule is COC(=O)c1sccc1S(=O)(=O)N1CCCC1c1ccccc1C(F)(F)F. The van der Waals surface area contributed by atoms with Crippen LogP contribution in [0, 0.1) is 0 Å². The predicted molar refractivity (Wildman–Crippen MR) is 93.0 cm³/mol. The van der Waals surface area contributed by atoms with Crippen molar-refractivity contribution in [1.82, 2.24) is 4.31 Å². The molecule has 10 heteroatoms. The van der Waals surface area contributed by atoms with Crippen molar-refractivity contribution in [2.75, 3.05) is 13.7 Å². The minimum absolute atomic E-state index is 0.0790. The first-order valence-electron chi connectivity index (χ1n) is 8.01. The number of sulfonamides is 1. The lowest BCUT2D eigenvalue weighted by atomic mass is 9.99. The maximum absolute atomic E-state index is 13.4. The van der Waals surface area contributed by atoms with Crippen LogP contribution in [0.3, 0.4) is 0 Å². The van der Waals surface area contributed by atoms with Crippen LogP contribution in [0.25, 0.3) is 0 Å². The zero-order valence-electron chi connectivity index (χ0n) is 14.2. The zero-order valence-corrected chi connectivity index (χ0v) is 15.8. The van der Waals surface area contributed by atoms with Crippen molar-refractivity contribution < 1.29 is 31.1 Å². The fourth-order valence-electron chi connectivity index (χ4n) is 3.25. The number of nitrogens with zero attached hydrogens (tertiary/aromatic N) is 1. The number of carbonyl (C=O) groups is 1. The highest BCUT2D eigenvalue weighted by Gasteiger charge is 2.42. The maximum Gasteiger partial charge on any atom is 0.416 e. The summed E-state index contributed by atoms with van der Waals surface area (Å²) in [4.78, 5) is 11.5. The fourth-order valence-corrected chi connectivity index (χ4v) is 6.24. The fraction of sp³-hybridized carbons (Fsp3) is 0.353. The van der Waals surface area contributed by atoms with Gasteiger partial charge in [0.05, 0.1) is 18.7 Å². The van der Waals surface area contributed by atoms with Gasteiger partial charge in [-0.15, -0.1) is 11.3 Å². The van der Waals surface area contributed by atoms with Gasteiger partial charge in [-0.25, -0.2) is 13.2 Å². The second kappa shape index (κ2) is 7.25. The van der Waals surface area contributed by atoms with Crippen molar-refractivity contribution in [1.29, 1.82) is 0 Å². The monoisotopic (exact) mass is 419 g/mol. The molecule has 1 saturated heterocycles. The zero-order chi connectivity index (χ0) is 19.8. The molecule has 0 aliphatic carbocycles. The Morgan fingerprint density at radius 2 is 1.96 bits per heavy atom. The highest BCUT2D eigenvalue weighted by molar-refractivity contribution is 7.89. The smallest absolute Gasteiger partial charge is 0.416 e. The number of hydrogen-bond acceptors (Lipinski definition) is 5. The van der Waals surface area contributed by atoms with E-state index < -0.39 is 33.8 Å². The molecule has 2 aromatic rings. The molecule has 1 unspecified atom stereocenters. The van der Waals surface area contributed by atoms with Crippen LogP contribution < -0.4 is 0 Å². The molecule has 1 atom stereocenters. The first-order chi connectivity index (χ1) is 12.7. The highest BCUT2D eigenvalue weighted by atomic mass is 32.2. The maximum atomic E-state index is 13.4. The lowest BCUT2D eigenvalue weighted by Gasteiger charge is -2.26. The standard InChI is InChI=1S/C17H16F3NO4S2/c1-25-16(22)15-14(8-10-26-15)27(23,24)21-9-4-7-13(21)11-5-2-3-6-12(11)17(18,19)20/h2-3,5-6,8,10,13H,4,7,9H2,1H3. The van der Waals surface area contributed by atoms with E-state index in [9.17, 15) is 26.4 Å². The third kappa shape index (κ3) is 3.61. The van der Waals surface area contributed by atoms with Crippen LogP contribution in [0.5, 0.6) is 0 Å². The molecule has 1 aromatic carbocycles. The predicted octanol–water partition coefficient (Wildman–Crippen LogP) is 4.08. The van der Waals surface area contributed by atoms with E-state index in [4.69, 9.17) is 0 Å². The van der Waals surface area contributed by atoms with Gasteiger partial charge in [0, 0.05) is 6.54 Å². The number of methoxy groups -OCH3 is 1. The molecule has 0 saturated carbocycles. The van der Waals surface area contributed by atoms with Gasteiger partial charge >= 0.3 is 12.1 Å². The first-order valence-corrected chi connectivity index (χ1v) is 10.3. The summed E-state index contributed by atoms with van der Waals surface area (Å²) in [6.07, 6.45) is -3.90. The van der Waals surface area contributed by atoms with Crippen LogP contribution in [-0.4, -0.2) is 32.3 Å². The highest BCUT2D eigenvalue weighted by Crippen LogP contribution is 2.43. The number of halogens is 3. The van der Waals surface area contributed by atoms with Gasteiger partial charge in [0.25, 0.3) is 0 Å². The largest absolute Gasteiger partial charge is 0.465 e. The summed E-state index contributed by atoms with van der Waals surface area (Å²) in [5.74, 6) is -0.796. The topological polar surface area (TPSA) is 63.7 Å². The van der Waals surface area contributed by atoms with Crippen LogP contribution in [0.1, 0.15) is 39.7 Å². The number of alkyl halides is 3. The van der Waals surface area contributed by atoms with Gasteiger partial charge in [-0.1, -0.05) is 18.2 Å². The molecule has 146 valence electrons. The Morgan fingerprint density at radius 3 is 2.63 bits per heavy atom. The lowest BCUT2D eigenvalue weighted by Crippen LogP contribution is -2.32. The average Bonchev–Trinajstić information content (AvgIpc) is 3.30. The minimum atomic E-state index is -4.59. The molecule has 1 fully saturated rings. The number of hydrogen-bond donors (Lipinski definition) is 0. The van der Waals surface area contributed by atoms with E-state index >= 15 is 0 Å². The summed E-state index contributed by atoms with van der Waals surface area (Å²) in [6.45, 7) is 0.0790. The number of carbonyl (C=O) groups excluding carboxylic acids is 1. The molecular formula is C17H16F3NO4S2. The Labute approximate surface area is 158 Å². The van der Waals surface area contributed by atoms with E-state index in [1.807, 2.05) is 0 Å². The summed E-state index contributed by atoms with van der Waals surface area (Å²) in [6, 6.07) is 5.31. The second-order valence-corrected chi connectivity index (χ2v) is 8.74. The lowest BCUT2D eigenvalue weighted by molar-refractivity contribution is -0.138. The summed E-state index contributed by atoms with van der Waals surface area (Å²) < 4.78 is 72.1. The Hall–Kier alpha value is -1.91. The molecule has 1 aliphatic heterocycles. The molecule has 0 amide bonds.